The molecule has 2 saturated heterocycles. The lowest BCUT2D eigenvalue weighted by molar-refractivity contribution is -0.120. The Labute approximate surface area is 119 Å². The van der Waals surface area contributed by atoms with Crippen LogP contribution in [0, 0.1) is 5.92 Å². The van der Waals surface area contributed by atoms with Gasteiger partial charge in [-0.2, -0.15) is 0 Å². The van der Waals surface area contributed by atoms with Crippen LogP contribution < -0.4 is 15.5 Å². The van der Waals surface area contributed by atoms with Crippen molar-refractivity contribution in [1.82, 2.24) is 10.3 Å². The molecule has 2 aliphatic heterocycles. The molecular formula is C15H22N4O. The Hall–Kier alpha value is -1.62. The maximum atomic E-state index is 12.1. The molecule has 0 spiro atoms. The van der Waals surface area contributed by atoms with Gasteiger partial charge in [0.2, 0.25) is 5.91 Å². The van der Waals surface area contributed by atoms with Crippen LogP contribution in [0.2, 0.25) is 0 Å². The summed E-state index contributed by atoms with van der Waals surface area (Å²) in [5, 5.41) is 6.26. The molecule has 2 aliphatic rings. The number of aromatic nitrogens is 1. The molecule has 1 aromatic heterocycles. The lowest BCUT2D eigenvalue weighted by Gasteiger charge is -2.22. The second-order valence-electron chi connectivity index (χ2n) is 5.61. The van der Waals surface area contributed by atoms with Gasteiger partial charge < -0.3 is 15.5 Å². The van der Waals surface area contributed by atoms with Crippen molar-refractivity contribution in [2.45, 2.75) is 25.7 Å². The van der Waals surface area contributed by atoms with Crippen molar-refractivity contribution in [3.05, 3.63) is 18.3 Å². The van der Waals surface area contributed by atoms with Gasteiger partial charge in [0, 0.05) is 19.0 Å². The van der Waals surface area contributed by atoms with Crippen LogP contribution in [0.25, 0.3) is 0 Å². The highest BCUT2D eigenvalue weighted by Crippen LogP contribution is 2.20. The summed E-state index contributed by atoms with van der Waals surface area (Å²) in [7, 11) is 0. The third-order valence-electron chi connectivity index (χ3n) is 4.16. The number of piperidine rings is 1. The minimum atomic E-state index is 0.127. The van der Waals surface area contributed by atoms with Crippen LogP contribution in [0.4, 0.5) is 11.5 Å². The number of carbonyl (C=O) groups is 1. The van der Waals surface area contributed by atoms with Crippen LogP contribution in [0.5, 0.6) is 0 Å². The second kappa shape index (κ2) is 6.22. The molecule has 20 heavy (non-hydrogen) atoms. The average molecular weight is 274 g/mol. The van der Waals surface area contributed by atoms with E-state index < -0.39 is 0 Å². The first kappa shape index (κ1) is 13.4. The molecule has 1 amide bonds. The Balaban J connectivity index is 1.58. The minimum absolute atomic E-state index is 0.127. The number of rotatable bonds is 3. The summed E-state index contributed by atoms with van der Waals surface area (Å²) < 4.78 is 0. The van der Waals surface area contributed by atoms with E-state index in [0.29, 0.717) is 0 Å². The fraction of sp³-hybridized carbons (Fsp3) is 0.600. The zero-order valence-electron chi connectivity index (χ0n) is 11.8. The van der Waals surface area contributed by atoms with E-state index in [0.717, 1.165) is 50.5 Å². The molecule has 0 aromatic carbocycles. The number of nitrogens with zero attached hydrogens (tertiary/aromatic N) is 2. The highest BCUT2D eigenvalue weighted by Gasteiger charge is 2.21. The van der Waals surface area contributed by atoms with Gasteiger partial charge in [0.05, 0.1) is 11.9 Å². The van der Waals surface area contributed by atoms with E-state index >= 15 is 0 Å². The Morgan fingerprint density at radius 2 is 2.00 bits per heavy atom. The topological polar surface area (TPSA) is 57.3 Å². The predicted octanol–water partition coefficient (Wildman–Crippen LogP) is 1.62. The first-order valence-electron chi connectivity index (χ1n) is 7.55. The van der Waals surface area contributed by atoms with Crippen LogP contribution in [-0.2, 0) is 4.79 Å². The molecule has 0 bridgehead atoms. The predicted molar refractivity (Wildman–Crippen MR) is 79.9 cm³/mol. The number of nitrogens with one attached hydrogen (secondary N) is 2. The van der Waals surface area contributed by atoms with Crippen LogP contribution in [0.1, 0.15) is 25.7 Å². The normalized spacial score (nSPS) is 20.1. The third-order valence-corrected chi connectivity index (χ3v) is 4.16. The SMILES string of the molecule is O=C(Nc1ccc(N2CCCC2)nc1)C1CCNCC1. The largest absolute Gasteiger partial charge is 0.357 e. The molecule has 5 nitrogen and oxygen atoms in total. The van der Waals surface area contributed by atoms with E-state index in [1.807, 2.05) is 12.1 Å². The molecule has 0 aliphatic carbocycles. The van der Waals surface area contributed by atoms with E-state index in [-0.39, 0.29) is 11.8 Å². The summed E-state index contributed by atoms with van der Waals surface area (Å²) in [5.41, 5.74) is 0.802. The van der Waals surface area contributed by atoms with E-state index in [1.54, 1.807) is 6.20 Å². The van der Waals surface area contributed by atoms with Crippen molar-refractivity contribution in [3.8, 4) is 0 Å². The van der Waals surface area contributed by atoms with Gasteiger partial charge in [-0.05, 0) is 50.9 Å². The number of hydrogen-bond acceptors (Lipinski definition) is 4. The molecule has 0 atom stereocenters. The minimum Gasteiger partial charge on any atom is -0.357 e. The smallest absolute Gasteiger partial charge is 0.227 e. The molecule has 3 rings (SSSR count). The number of carbonyl (C=O) groups excluding carboxylic acids is 1. The molecule has 0 saturated carbocycles. The Bertz CT molecular complexity index is 447. The van der Waals surface area contributed by atoms with Gasteiger partial charge in [0.25, 0.3) is 0 Å². The fourth-order valence-electron chi connectivity index (χ4n) is 2.92. The van der Waals surface area contributed by atoms with E-state index in [2.05, 4.69) is 20.5 Å². The van der Waals surface area contributed by atoms with E-state index in [4.69, 9.17) is 0 Å². The van der Waals surface area contributed by atoms with Crippen LogP contribution in [0.3, 0.4) is 0 Å². The first-order chi connectivity index (χ1) is 9.83. The molecule has 5 heteroatoms. The van der Waals surface area contributed by atoms with Crippen LogP contribution >= 0.6 is 0 Å². The molecule has 108 valence electrons. The molecule has 0 unspecified atom stereocenters. The standard InChI is InChI=1S/C15H22N4O/c20-15(12-5-7-16-8-6-12)18-13-3-4-14(17-11-13)19-9-1-2-10-19/h3-4,11-12,16H,1-2,5-10H2,(H,18,20). The van der Waals surface area contributed by atoms with Crippen LogP contribution in [0.15, 0.2) is 18.3 Å². The van der Waals surface area contributed by atoms with Gasteiger partial charge in [-0.3, -0.25) is 4.79 Å². The average Bonchev–Trinajstić information content (AvgIpc) is 3.03. The first-order valence-corrected chi connectivity index (χ1v) is 7.55. The Morgan fingerprint density at radius 1 is 1.25 bits per heavy atom. The number of amides is 1. The Kier molecular flexibility index (Phi) is 4.16. The van der Waals surface area contributed by atoms with E-state index in [1.165, 1.54) is 12.8 Å². The van der Waals surface area contributed by atoms with Crippen molar-refractivity contribution < 1.29 is 4.79 Å². The van der Waals surface area contributed by atoms with Crippen molar-refractivity contribution in [1.29, 1.82) is 0 Å². The lowest BCUT2D eigenvalue weighted by atomic mass is 9.97. The summed E-state index contributed by atoms with van der Waals surface area (Å²) in [5.74, 6) is 1.28. The maximum absolute atomic E-state index is 12.1. The van der Waals surface area contributed by atoms with Crippen molar-refractivity contribution in [3.63, 3.8) is 0 Å². The van der Waals surface area contributed by atoms with Gasteiger partial charge in [-0.1, -0.05) is 0 Å². The molecule has 3 heterocycles. The van der Waals surface area contributed by atoms with Gasteiger partial charge in [-0.25, -0.2) is 4.98 Å². The van der Waals surface area contributed by atoms with Gasteiger partial charge in [0.1, 0.15) is 5.82 Å². The quantitative estimate of drug-likeness (QED) is 0.879. The molecular weight excluding hydrogens is 252 g/mol. The van der Waals surface area contributed by atoms with Crippen molar-refractivity contribution in [2.24, 2.45) is 5.92 Å². The summed E-state index contributed by atoms with van der Waals surface area (Å²) >= 11 is 0. The zero-order chi connectivity index (χ0) is 13.8. The van der Waals surface area contributed by atoms with Gasteiger partial charge in [-0.15, -0.1) is 0 Å². The number of pyridine rings is 1. The Morgan fingerprint density at radius 3 is 2.65 bits per heavy atom. The second-order valence-corrected chi connectivity index (χ2v) is 5.61. The summed E-state index contributed by atoms with van der Waals surface area (Å²) in [6.45, 7) is 4.05. The monoisotopic (exact) mass is 274 g/mol. The lowest BCUT2D eigenvalue weighted by Crippen LogP contribution is -2.34. The molecule has 2 fully saturated rings. The third kappa shape index (κ3) is 3.10. The summed E-state index contributed by atoms with van der Waals surface area (Å²) in [6, 6.07) is 3.96. The van der Waals surface area contributed by atoms with Gasteiger partial charge in [0.15, 0.2) is 0 Å². The molecule has 2 N–H and O–H groups in total. The number of anilines is 2. The highest BCUT2D eigenvalue weighted by atomic mass is 16.1. The highest BCUT2D eigenvalue weighted by molar-refractivity contribution is 5.92. The number of hydrogen-bond donors (Lipinski definition) is 2. The van der Waals surface area contributed by atoms with Crippen molar-refractivity contribution in [2.75, 3.05) is 36.4 Å². The maximum Gasteiger partial charge on any atom is 0.227 e. The summed E-state index contributed by atoms with van der Waals surface area (Å²) in [6.07, 6.45) is 6.11. The summed E-state index contributed by atoms with van der Waals surface area (Å²) in [4.78, 5) is 18.9. The van der Waals surface area contributed by atoms with Crippen molar-refractivity contribution >= 4 is 17.4 Å². The van der Waals surface area contributed by atoms with Crippen LogP contribution in [-0.4, -0.2) is 37.1 Å². The van der Waals surface area contributed by atoms with E-state index in [9.17, 15) is 4.79 Å². The fourth-order valence-corrected chi connectivity index (χ4v) is 2.92. The molecule has 0 radical (unpaired) electrons. The molecule has 1 aromatic rings. The van der Waals surface area contributed by atoms with Gasteiger partial charge >= 0.3 is 0 Å². The zero-order valence-corrected chi connectivity index (χ0v) is 11.8.